The van der Waals surface area contributed by atoms with Gasteiger partial charge in [-0.1, -0.05) is 53.0 Å². The van der Waals surface area contributed by atoms with Gasteiger partial charge in [0.15, 0.2) is 0 Å². The molecule has 0 N–H and O–H groups in total. The Kier molecular flexibility index (Phi) is 5.65. The van der Waals surface area contributed by atoms with Crippen LogP contribution in [-0.4, -0.2) is 16.2 Å². The van der Waals surface area contributed by atoms with Gasteiger partial charge >= 0.3 is 0 Å². The minimum atomic E-state index is 0.350. The molecule has 4 nitrogen and oxygen atoms in total. The molecule has 27 heavy (non-hydrogen) atoms. The monoisotopic (exact) mass is 402 g/mol. The van der Waals surface area contributed by atoms with E-state index < -0.39 is 0 Å². The molecule has 3 aromatic rings. The Bertz CT molecular complexity index is 883. The molecule has 0 unspecified atom stereocenters. The molecule has 1 aromatic heterocycles. The van der Waals surface area contributed by atoms with E-state index in [0.717, 1.165) is 24.2 Å². The van der Waals surface area contributed by atoms with Crippen molar-refractivity contribution in [3.63, 3.8) is 0 Å². The molecular formula is C21H20Cl2N2O2. The number of benzene rings is 2. The van der Waals surface area contributed by atoms with Crippen LogP contribution in [0.4, 0.5) is 0 Å². The molecule has 1 heterocycles. The van der Waals surface area contributed by atoms with Crippen LogP contribution in [0.1, 0.15) is 43.6 Å². The summed E-state index contributed by atoms with van der Waals surface area (Å²) in [7, 11) is 0. The van der Waals surface area contributed by atoms with Crippen molar-refractivity contribution in [1.82, 2.24) is 10.1 Å². The zero-order valence-electron chi connectivity index (χ0n) is 14.8. The van der Waals surface area contributed by atoms with E-state index in [1.165, 1.54) is 19.3 Å². The lowest BCUT2D eigenvalue weighted by atomic mass is 9.98. The molecule has 0 spiro atoms. The lowest BCUT2D eigenvalue weighted by molar-refractivity contribution is 0.155. The molecule has 1 fully saturated rings. The highest BCUT2D eigenvalue weighted by molar-refractivity contribution is 6.38. The second kappa shape index (κ2) is 8.32. The predicted molar refractivity (Wildman–Crippen MR) is 107 cm³/mol. The first-order chi connectivity index (χ1) is 13.2. The van der Waals surface area contributed by atoms with Crippen LogP contribution in [0, 0.1) is 0 Å². The largest absolute Gasteiger partial charge is 0.490 e. The van der Waals surface area contributed by atoms with Crippen molar-refractivity contribution in [2.45, 2.75) is 44.6 Å². The quantitative estimate of drug-likeness (QED) is 0.498. The van der Waals surface area contributed by atoms with Gasteiger partial charge in [0.2, 0.25) is 11.7 Å². The third kappa shape index (κ3) is 4.45. The SMILES string of the molecule is Clc1cccc(Cl)c1-c1noc(Cc2ccc(OC3CCCCC3)cc2)n1. The minimum Gasteiger partial charge on any atom is -0.490 e. The third-order valence-corrected chi connectivity index (χ3v) is 5.42. The molecule has 1 aliphatic carbocycles. The van der Waals surface area contributed by atoms with E-state index in [2.05, 4.69) is 10.1 Å². The van der Waals surface area contributed by atoms with Crippen molar-refractivity contribution in [2.24, 2.45) is 0 Å². The van der Waals surface area contributed by atoms with Gasteiger partial charge in [-0.25, -0.2) is 0 Å². The van der Waals surface area contributed by atoms with Crippen molar-refractivity contribution in [1.29, 1.82) is 0 Å². The van der Waals surface area contributed by atoms with E-state index >= 15 is 0 Å². The number of nitrogens with zero attached hydrogens (tertiary/aromatic N) is 2. The van der Waals surface area contributed by atoms with E-state index in [4.69, 9.17) is 32.5 Å². The number of rotatable bonds is 5. The van der Waals surface area contributed by atoms with E-state index in [9.17, 15) is 0 Å². The van der Waals surface area contributed by atoms with E-state index in [1.54, 1.807) is 18.2 Å². The summed E-state index contributed by atoms with van der Waals surface area (Å²) in [6, 6.07) is 13.4. The fourth-order valence-electron chi connectivity index (χ4n) is 3.38. The van der Waals surface area contributed by atoms with Gasteiger partial charge in [-0.3, -0.25) is 0 Å². The van der Waals surface area contributed by atoms with Gasteiger partial charge in [0.25, 0.3) is 0 Å². The second-order valence-corrected chi connectivity index (χ2v) is 7.62. The van der Waals surface area contributed by atoms with Crippen LogP contribution in [0.2, 0.25) is 10.0 Å². The number of hydrogen-bond acceptors (Lipinski definition) is 4. The molecule has 0 radical (unpaired) electrons. The van der Waals surface area contributed by atoms with Crippen LogP contribution in [0.25, 0.3) is 11.4 Å². The molecule has 6 heteroatoms. The molecule has 140 valence electrons. The lowest BCUT2D eigenvalue weighted by Crippen LogP contribution is -2.19. The first kappa shape index (κ1) is 18.3. The fourth-order valence-corrected chi connectivity index (χ4v) is 3.94. The predicted octanol–water partition coefficient (Wildman–Crippen LogP) is 6.35. The minimum absolute atomic E-state index is 0.350. The summed E-state index contributed by atoms with van der Waals surface area (Å²) in [5, 5.41) is 5.02. The second-order valence-electron chi connectivity index (χ2n) is 6.81. The highest BCUT2D eigenvalue weighted by Gasteiger charge is 2.16. The average Bonchev–Trinajstić information content (AvgIpc) is 3.12. The summed E-state index contributed by atoms with van der Waals surface area (Å²) < 4.78 is 11.4. The van der Waals surface area contributed by atoms with Crippen molar-refractivity contribution in [2.75, 3.05) is 0 Å². The number of aromatic nitrogens is 2. The molecule has 4 rings (SSSR count). The molecular weight excluding hydrogens is 383 g/mol. The standard InChI is InChI=1S/C21H20Cl2N2O2/c22-17-7-4-8-18(23)20(17)21-24-19(27-25-21)13-14-9-11-16(12-10-14)26-15-5-2-1-3-6-15/h4,7-12,15H,1-3,5-6,13H2. The Morgan fingerprint density at radius 1 is 0.963 bits per heavy atom. The van der Waals surface area contributed by atoms with E-state index in [1.807, 2.05) is 24.3 Å². The Morgan fingerprint density at radius 2 is 1.67 bits per heavy atom. The smallest absolute Gasteiger partial charge is 0.231 e. The zero-order valence-corrected chi connectivity index (χ0v) is 16.3. The van der Waals surface area contributed by atoms with Crippen molar-refractivity contribution in [3.8, 4) is 17.1 Å². The first-order valence-corrected chi connectivity index (χ1v) is 9.97. The molecule has 0 saturated heterocycles. The molecule has 0 bridgehead atoms. The maximum Gasteiger partial charge on any atom is 0.231 e. The summed E-state index contributed by atoms with van der Waals surface area (Å²) >= 11 is 12.4. The van der Waals surface area contributed by atoms with Crippen molar-refractivity contribution in [3.05, 3.63) is 64.0 Å². The van der Waals surface area contributed by atoms with Crippen LogP contribution in [0.3, 0.4) is 0 Å². The number of ether oxygens (including phenoxy) is 1. The molecule has 2 aromatic carbocycles. The van der Waals surface area contributed by atoms with Crippen LogP contribution >= 0.6 is 23.2 Å². The molecule has 1 aliphatic rings. The summed E-state index contributed by atoms with van der Waals surface area (Å²) in [6.07, 6.45) is 7.04. The maximum absolute atomic E-state index is 6.21. The van der Waals surface area contributed by atoms with Gasteiger partial charge in [-0.15, -0.1) is 0 Å². The number of hydrogen-bond donors (Lipinski definition) is 0. The molecule has 0 aliphatic heterocycles. The molecule has 1 saturated carbocycles. The summed E-state index contributed by atoms with van der Waals surface area (Å²) in [5.74, 6) is 1.83. The Morgan fingerprint density at radius 3 is 2.37 bits per heavy atom. The van der Waals surface area contributed by atoms with E-state index in [-0.39, 0.29) is 0 Å². The Labute approximate surface area is 168 Å². The summed E-state index contributed by atoms with van der Waals surface area (Å²) in [4.78, 5) is 4.44. The fraction of sp³-hybridized carbons (Fsp3) is 0.333. The van der Waals surface area contributed by atoms with Crippen molar-refractivity contribution >= 4 is 23.2 Å². The normalized spacial score (nSPS) is 15.0. The molecule has 0 amide bonds. The van der Waals surface area contributed by atoms with Crippen molar-refractivity contribution < 1.29 is 9.26 Å². The highest BCUT2D eigenvalue weighted by atomic mass is 35.5. The summed E-state index contributed by atoms with van der Waals surface area (Å²) in [6.45, 7) is 0. The van der Waals surface area contributed by atoms with Crippen LogP contribution in [0.5, 0.6) is 5.75 Å². The van der Waals surface area contributed by atoms with Gasteiger partial charge in [-0.2, -0.15) is 4.98 Å². The van der Waals surface area contributed by atoms with Gasteiger partial charge in [0.1, 0.15) is 5.75 Å². The maximum atomic E-state index is 6.21. The third-order valence-electron chi connectivity index (χ3n) is 4.79. The van der Waals surface area contributed by atoms with Gasteiger partial charge in [0.05, 0.1) is 28.1 Å². The van der Waals surface area contributed by atoms with Gasteiger partial charge in [0, 0.05) is 0 Å². The lowest BCUT2D eigenvalue weighted by Gasteiger charge is -2.23. The van der Waals surface area contributed by atoms with E-state index in [0.29, 0.717) is 39.8 Å². The van der Waals surface area contributed by atoms with Crippen LogP contribution < -0.4 is 4.74 Å². The zero-order chi connectivity index (χ0) is 18.6. The molecule has 0 atom stereocenters. The van der Waals surface area contributed by atoms with Crippen LogP contribution in [0.15, 0.2) is 47.0 Å². The van der Waals surface area contributed by atoms with Gasteiger partial charge < -0.3 is 9.26 Å². The number of halogens is 2. The average molecular weight is 403 g/mol. The highest BCUT2D eigenvalue weighted by Crippen LogP contribution is 2.32. The van der Waals surface area contributed by atoms with Crippen LogP contribution in [-0.2, 0) is 6.42 Å². The van der Waals surface area contributed by atoms with Gasteiger partial charge in [-0.05, 0) is 55.5 Å². The first-order valence-electron chi connectivity index (χ1n) is 9.21. The Balaban J connectivity index is 1.43. The Hall–Kier alpha value is -2.04. The summed E-state index contributed by atoms with van der Waals surface area (Å²) in [5.41, 5.74) is 1.67. The topological polar surface area (TPSA) is 48.2 Å².